The summed E-state index contributed by atoms with van der Waals surface area (Å²) >= 11 is 0. The summed E-state index contributed by atoms with van der Waals surface area (Å²) in [4.78, 5) is 11.6. The van der Waals surface area contributed by atoms with Gasteiger partial charge in [-0.3, -0.25) is 9.48 Å². The van der Waals surface area contributed by atoms with Crippen molar-refractivity contribution in [3.63, 3.8) is 0 Å². The normalized spacial score (nSPS) is 12.5. The fourth-order valence-corrected chi connectivity index (χ4v) is 1.60. The van der Waals surface area contributed by atoms with E-state index in [0.29, 0.717) is 6.54 Å². The second-order valence-electron chi connectivity index (χ2n) is 3.91. The van der Waals surface area contributed by atoms with Crippen molar-refractivity contribution in [1.29, 1.82) is 0 Å². The number of amides is 1. The fraction of sp³-hybridized carbons (Fsp3) is 0.636. The van der Waals surface area contributed by atoms with Crippen molar-refractivity contribution in [3.8, 4) is 0 Å². The lowest BCUT2D eigenvalue weighted by Crippen LogP contribution is -2.43. The number of aryl methyl sites for hydroxylation is 2. The molecular weight excluding hydrogens is 220 g/mol. The molecule has 1 rings (SSSR count). The number of nitrogens with two attached hydrogens (primary N) is 1. The molecule has 1 heterocycles. The van der Waals surface area contributed by atoms with E-state index in [9.17, 15) is 4.79 Å². The van der Waals surface area contributed by atoms with Gasteiger partial charge < -0.3 is 15.8 Å². The topological polar surface area (TPSA) is 82.2 Å². The number of carbonyl (C=O) groups excluding carboxylic acids is 1. The summed E-state index contributed by atoms with van der Waals surface area (Å²) in [6, 6.07) is -0.623. The van der Waals surface area contributed by atoms with Crippen molar-refractivity contribution >= 4 is 5.91 Å². The van der Waals surface area contributed by atoms with Gasteiger partial charge in [0, 0.05) is 32.5 Å². The van der Waals surface area contributed by atoms with E-state index in [1.165, 1.54) is 7.11 Å². The number of hydrogen-bond donors (Lipinski definition) is 2. The summed E-state index contributed by atoms with van der Waals surface area (Å²) in [6.45, 7) is 2.71. The molecule has 0 aromatic carbocycles. The van der Waals surface area contributed by atoms with Crippen LogP contribution in [0.15, 0.2) is 6.20 Å². The largest absolute Gasteiger partial charge is 0.383 e. The van der Waals surface area contributed by atoms with Gasteiger partial charge in [-0.2, -0.15) is 5.10 Å². The van der Waals surface area contributed by atoms with Crippen LogP contribution in [-0.2, 0) is 29.5 Å². The second kappa shape index (κ2) is 6.36. The van der Waals surface area contributed by atoms with Crippen LogP contribution in [0.1, 0.15) is 18.2 Å². The van der Waals surface area contributed by atoms with Gasteiger partial charge in [-0.05, 0) is 6.42 Å². The molecule has 0 saturated heterocycles. The van der Waals surface area contributed by atoms with Gasteiger partial charge in [0.2, 0.25) is 5.91 Å². The first-order chi connectivity index (χ1) is 8.08. The van der Waals surface area contributed by atoms with Crippen LogP contribution in [0.5, 0.6) is 0 Å². The van der Waals surface area contributed by atoms with Gasteiger partial charge in [-0.1, -0.05) is 6.92 Å². The predicted molar refractivity (Wildman–Crippen MR) is 64.3 cm³/mol. The van der Waals surface area contributed by atoms with Crippen LogP contribution in [0.4, 0.5) is 0 Å². The number of methoxy groups -OCH3 is 1. The molecule has 1 amide bonds. The van der Waals surface area contributed by atoms with Crippen molar-refractivity contribution in [1.82, 2.24) is 15.1 Å². The first kappa shape index (κ1) is 13.7. The number of nitrogens with zero attached hydrogens (tertiary/aromatic N) is 2. The first-order valence-corrected chi connectivity index (χ1v) is 5.62. The van der Waals surface area contributed by atoms with Crippen molar-refractivity contribution in [2.75, 3.05) is 13.7 Å². The standard InChI is InChI=1S/C11H20N4O2/c1-4-10-8(6-15(2)14-10)5-13-11(16)9(12)7-17-3/h6,9H,4-5,7,12H2,1-3H3,(H,13,16). The predicted octanol–water partition coefficient (Wildman–Crippen LogP) is -0.428. The maximum Gasteiger partial charge on any atom is 0.239 e. The summed E-state index contributed by atoms with van der Waals surface area (Å²) in [5.41, 5.74) is 7.62. The van der Waals surface area contributed by atoms with Gasteiger partial charge in [-0.15, -0.1) is 0 Å². The summed E-state index contributed by atoms with van der Waals surface area (Å²) < 4.78 is 6.57. The minimum Gasteiger partial charge on any atom is -0.383 e. The second-order valence-corrected chi connectivity index (χ2v) is 3.91. The Kier molecular flexibility index (Phi) is 5.11. The maximum absolute atomic E-state index is 11.6. The zero-order valence-electron chi connectivity index (χ0n) is 10.6. The Morgan fingerprint density at radius 2 is 2.41 bits per heavy atom. The molecule has 6 nitrogen and oxygen atoms in total. The lowest BCUT2D eigenvalue weighted by Gasteiger charge is -2.10. The van der Waals surface area contributed by atoms with Crippen LogP contribution in [0.3, 0.4) is 0 Å². The van der Waals surface area contributed by atoms with Crippen LogP contribution in [0.25, 0.3) is 0 Å². The third-order valence-electron chi connectivity index (χ3n) is 2.46. The van der Waals surface area contributed by atoms with Crippen LogP contribution >= 0.6 is 0 Å². The molecule has 0 fully saturated rings. The molecule has 3 N–H and O–H groups in total. The first-order valence-electron chi connectivity index (χ1n) is 5.62. The molecule has 0 aliphatic carbocycles. The van der Waals surface area contributed by atoms with Crippen LogP contribution < -0.4 is 11.1 Å². The zero-order valence-corrected chi connectivity index (χ0v) is 10.6. The molecular formula is C11H20N4O2. The molecule has 6 heteroatoms. The number of rotatable bonds is 6. The van der Waals surface area contributed by atoms with Crippen molar-refractivity contribution < 1.29 is 9.53 Å². The van der Waals surface area contributed by atoms with Crippen LogP contribution in [0, 0.1) is 0 Å². The van der Waals surface area contributed by atoms with E-state index in [4.69, 9.17) is 10.5 Å². The number of nitrogens with one attached hydrogen (secondary N) is 1. The molecule has 0 aliphatic heterocycles. The Labute approximate surface area is 101 Å². The molecule has 96 valence electrons. The van der Waals surface area contributed by atoms with Gasteiger partial charge in [-0.25, -0.2) is 0 Å². The van der Waals surface area contributed by atoms with E-state index in [1.807, 2.05) is 20.2 Å². The van der Waals surface area contributed by atoms with Crippen LogP contribution in [-0.4, -0.2) is 35.4 Å². The Morgan fingerprint density at radius 3 is 3.00 bits per heavy atom. The smallest absolute Gasteiger partial charge is 0.239 e. The van der Waals surface area contributed by atoms with E-state index in [0.717, 1.165) is 17.7 Å². The highest BCUT2D eigenvalue weighted by Crippen LogP contribution is 2.06. The van der Waals surface area contributed by atoms with E-state index in [-0.39, 0.29) is 12.5 Å². The molecule has 17 heavy (non-hydrogen) atoms. The Bertz CT molecular complexity index is 376. The van der Waals surface area contributed by atoms with E-state index < -0.39 is 6.04 Å². The Hall–Kier alpha value is -1.40. The molecule has 0 saturated carbocycles. The minimum atomic E-state index is -0.623. The van der Waals surface area contributed by atoms with Gasteiger partial charge in [0.05, 0.1) is 12.3 Å². The summed E-state index contributed by atoms with van der Waals surface area (Å²) in [7, 11) is 3.38. The Morgan fingerprint density at radius 1 is 1.71 bits per heavy atom. The summed E-state index contributed by atoms with van der Waals surface area (Å²) in [6.07, 6.45) is 2.75. The van der Waals surface area contributed by atoms with E-state index >= 15 is 0 Å². The lowest BCUT2D eigenvalue weighted by molar-refractivity contribution is -0.123. The molecule has 1 unspecified atom stereocenters. The molecule has 1 aromatic rings. The molecule has 0 bridgehead atoms. The number of aromatic nitrogens is 2. The molecule has 1 atom stereocenters. The fourth-order valence-electron chi connectivity index (χ4n) is 1.60. The average molecular weight is 240 g/mol. The molecule has 0 radical (unpaired) electrons. The summed E-state index contributed by atoms with van der Waals surface area (Å²) in [5.74, 6) is -0.210. The van der Waals surface area contributed by atoms with Gasteiger partial charge in [0.25, 0.3) is 0 Å². The average Bonchev–Trinajstić information content (AvgIpc) is 2.66. The molecule has 0 spiro atoms. The highest BCUT2D eigenvalue weighted by atomic mass is 16.5. The van der Waals surface area contributed by atoms with Crippen LogP contribution in [0.2, 0.25) is 0 Å². The summed E-state index contributed by atoms with van der Waals surface area (Å²) in [5, 5.41) is 7.07. The SMILES string of the molecule is CCc1nn(C)cc1CNC(=O)C(N)COC. The minimum absolute atomic E-state index is 0.210. The number of carbonyl (C=O) groups is 1. The van der Waals surface area contributed by atoms with Crippen molar-refractivity contribution in [3.05, 3.63) is 17.5 Å². The molecule has 1 aromatic heterocycles. The quantitative estimate of drug-likeness (QED) is 0.707. The third kappa shape index (κ3) is 3.83. The Balaban J connectivity index is 2.52. The van der Waals surface area contributed by atoms with Crippen molar-refractivity contribution in [2.24, 2.45) is 12.8 Å². The van der Waals surface area contributed by atoms with Crippen molar-refractivity contribution in [2.45, 2.75) is 25.9 Å². The third-order valence-corrected chi connectivity index (χ3v) is 2.46. The number of ether oxygens (including phenoxy) is 1. The van der Waals surface area contributed by atoms with Gasteiger partial charge >= 0.3 is 0 Å². The van der Waals surface area contributed by atoms with Gasteiger partial charge in [0.15, 0.2) is 0 Å². The maximum atomic E-state index is 11.6. The monoisotopic (exact) mass is 240 g/mol. The zero-order chi connectivity index (χ0) is 12.8. The lowest BCUT2D eigenvalue weighted by atomic mass is 10.2. The van der Waals surface area contributed by atoms with Gasteiger partial charge in [0.1, 0.15) is 6.04 Å². The number of hydrogen-bond acceptors (Lipinski definition) is 4. The highest BCUT2D eigenvalue weighted by molar-refractivity contribution is 5.81. The van der Waals surface area contributed by atoms with E-state index in [1.54, 1.807) is 4.68 Å². The highest BCUT2D eigenvalue weighted by Gasteiger charge is 2.13. The molecule has 0 aliphatic rings. The van der Waals surface area contributed by atoms with E-state index in [2.05, 4.69) is 10.4 Å².